The molecule has 2 aromatic carbocycles. The normalized spacial score (nSPS) is 12.3. The molecule has 0 fully saturated rings. The van der Waals surface area contributed by atoms with Crippen LogP contribution in [-0.4, -0.2) is 21.1 Å². The van der Waals surface area contributed by atoms with Gasteiger partial charge in [0.1, 0.15) is 5.82 Å². The Bertz CT molecular complexity index is 862. The quantitative estimate of drug-likeness (QED) is 0.471. The van der Waals surface area contributed by atoms with Gasteiger partial charge in [0.2, 0.25) is 5.91 Å². The molecule has 24 heavy (non-hydrogen) atoms. The van der Waals surface area contributed by atoms with Crippen molar-refractivity contribution in [2.45, 2.75) is 18.8 Å². The lowest BCUT2D eigenvalue weighted by molar-refractivity contribution is -0.129. The number of hydrogen-bond acceptors (Lipinski definition) is 3. The Balaban J connectivity index is 1.89. The number of fused-ring (bicyclic) bond motifs is 1. The van der Waals surface area contributed by atoms with Crippen LogP contribution in [0.25, 0.3) is 11.0 Å². The summed E-state index contributed by atoms with van der Waals surface area (Å²) < 4.78 is 0. The Morgan fingerprint density at radius 1 is 1.17 bits per heavy atom. The Morgan fingerprint density at radius 3 is 2.58 bits per heavy atom. The molecular formula is C17H15Cl2N3O2. The van der Waals surface area contributed by atoms with Crippen molar-refractivity contribution in [1.82, 2.24) is 15.4 Å². The van der Waals surface area contributed by atoms with E-state index in [2.05, 4.69) is 9.97 Å². The lowest BCUT2D eigenvalue weighted by atomic mass is 9.92. The molecule has 0 aliphatic carbocycles. The summed E-state index contributed by atoms with van der Waals surface area (Å²) in [4.78, 5) is 19.4. The minimum atomic E-state index is -0.450. The smallest absolute Gasteiger partial charge is 0.243 e. The molecule has 3 N–H and O–H groups in total. The highest BCUT2D eigenvalue weighted by Gasteiger charge is 2.18. The van der Waals surface area contributed by atoms with Crippen molar-refractivity contribution in [2.24, 2.45) is 0 Å². The molecule has 3 aromatic rings. The van der Waals surface area contributed by atoms with Gasteiger partial charge in [-0.05, 0) is 41.8 Å². The van der Waals surface area contributed by atoms with Gasteiger partial charge in [0.05, 0.1) is 11.0 Å². The number of rotatable bonds is 5. The Morgan fingerprint density at radius 2 is 1.88 bits per heavy atom. The average molecular weight is 364 g/mol. The number of nitrogens with one attached hydrogen (secondary N) is 2. The van der Waals surface area contributed by atoms with Gasteiger partial charge in [-0.15, -0.1) is 0 Å². The summed E-state index contributed by atoms with van der Waals surface area (Å²) in [7, 11) is 0. The number of nitrogens with zero attached hydrogens (tertiary/aromatic N) is 1. The van der Waals surface area contributed by atoms with Crippen molar-refractivity contribution >= 4 is 40.1 Å². The van der Waals surface area contributed by atoms with E-state index in [1.54, 1.807) is 29.7 Å². The molecule has 0 aliphatic heterocycles. The predicted octanol–water partition coefficient (Wildman–Crippen LogP) is 4.09. The van der Waals surface area contributed by atoms with Crippen molar-refractivity contribution in [3.63, 3.8) is 0 Å². The molecule has 5 nitrogen and oxygen atoms in total. The number of imidazole rings is 1. The molecule has 0 bridgehead atoms. The van der Waals surface area contributed by atoms with Gasteiger partial charge in [0.15, 0.2) is 0 Å². The van der Waals surface area contributed by atoms with Crippen molar-refractivity contribution in [2.75, 3.05) is 0 Å². The van der Waals surface area contributed by atoms with E-state index in [9.17, 15) is 4.79 Å². The maximum absolute atomic E-state index is 11.6. The zero-order chi connectivity index (χ0) is 17.1. The number of aromatic nitrogens is 2. The number of hydroxylamine groups is 1. The molecule has 0 spiro atoms. The van der Waals surface area contributed by atoms with Gasteiger partial charge in [-0.2, -0.15) is 0 Å². The number of benzene rings is 2. The molecule has 0 radical (unpaired) electrons. The van der Waals surface area contributed by atoms with Gasteiger partial charge in [-0.25, -0.2) is 10.5 Å². The van der Waals surface area contributed by atoms with Crippen LogP contribution in [0.5, 0.6) is 0 Å². The van der Waals surface area contributed by atoms with Gasteiger partial charge in [0.25, 0.3) is 0 Å². The van der Waals surface area contributed by atoms with E-state index in [0.717, 1.165) is 22.4 Å². The summed E-state index contributed by atoms with van der Waals surface area (Å²) in [5.74, 6) is 0.150. The number of carbonyl (C=O) groups is 1. The summed E-state index contributed by atoms with van der Waals surface area (Å²) in [6, 6.07) is 12.7. The van der Waals surface area contributed by atoms with E-state index >= 15 is 0 Å². The van der Waals surface area contributed by atoms with E-state index < -0.39 is 5.91 Å². The van der Waals surface area contributed by atoms with E-state index in [4.69, 9.17) is 28.4 Å². The number of hydrogen-bond donors (Lipinski definition) is 3. The SMILES string of the molecule is O=C(CC(Cc1nc2cc(Cl)ccc2[nH]1)c1ccc(Cl)cc1)NO. The highest BCUT2D eigenvalue weighted by molar-refractivity contribution is 6.31. The molecule has 1 unspecified atom stereocenters. The molecule has 7 heteroatoms. The topological polar surface area (TPSA) is 78.0 Å². The van der Waals surface area contributed by atoms with Crippen molar-refractivity contribution in [1.29, 1.82) is 0 Å². The second kappa shape index (κ2) is 7.21. The fraction of sp³-hybridized carbons (Fsp3) is 0.176. The van der Waals surface area contributed by atoms with Crippen LogP contribution in [0.1, 0.15) is 23.7 Å². The first-order valence-electron chi connectivity index (χ1n) is 7.37. The molecule has 0 saturated carbocycles. The second-order valence-electron chi connectivity index (χ2n) is 5.54. The summed E-state index contributed by atoms with van der Waals surface area (Å²) in [6.07, 6.45) is 0.650. The number of H-pyrrole nitrogens is 1. The van der Waals surface area contributed by atoms with Crippen molar-refractivity contribution in [3.05, 3.63) is 63.9 Å². The third-order valence-corrected chi connectivity index (χ3v) is 4.32. The number of halogens is 2. The van der Waals surface area contributed by atoms with Crippen molar-refractivity contribution in [3.8, 4) is 0 Å². The molecule has 1 atom stereocenters. The van der Waals surface area contributed by atoms with Gasteiger partial charge < -0.3 is 4.98 Å². The Hall–Kier alpha value is -2.08. The monoisotopic (exact) mass is 363 g/mol. The minimum Gasteiger partial charge on any atom is -0.342 e. The summed E-state index contributed by atoms with van der Waals surface area (Å²) in [6.45, 7) is 0. The first-order chi connectivity index (χ1) is 11.5. The molecule has 1 amide bonds. The van der Waals surface area contributed by atoms with Crippen LogP contribution in [0.2, 0.25) is 10.0 Å². The maximum Gasteiger partial charge on any atom is 0.243 e. The van der Waals surface area contributed by atoms with E-state index in [1.807, 2.05) is 18.2 Å². The predicted molar refractivity (Wildman–Crippen MR) is 93.5 cm³/mol. The number of amides is 1. The molecule has 1 aromatic heterocycles. The van der Waals surface area contributed by atoms with E-state index in [1.165, 1.54) is 0 Å². The largest absolute Gasteiger partial charge is 0.342 e. The zero-order valence-electron chi connectivity index (χ0n) is 12.6. The molecule has 0 aliphatic rings. The Labute approximate surface area is 148 Å². The zero-order valence-corrected chi connectivity index (χ0v) is 14.1. The van der Waals surface area contributed by atoms with Gasteiger partial charge in [-0.3, -0.25) is 10.0 Å². The third-order valence-electron chi connectivity index (χ3n) is 3.83. The van der Waals surface area contributed by atoms with Crippen molar-refractivity contribution < 1.29 is 10.0 Å². The van der Waals surface area contributed by atoms with Crippen LogP contribution >= 0.6 is 23.2 Å². The van der Waals surface area contributed by atoms with Gasteiger partial charge in [-0.1, -0.05) is 35.3 Å². The molecular weight excluding hydrogens is 349 g/mol. The van der Waals surface area contributed by atoms with Crippen LogP contribution in [0.4, 0.5) is 0 Å². The van der Waals surface area contributed by atoms with Gasteiger partial charge in [0, 0.05) is 22.9 Å². The molecule has 1 heterocycles. The average Bonchev–Trinajstić information content (AvgIpc) is 2.96. The molecule has 0 saturated heterocycles. The fourth-order valence-corrected chi connectivity index (χ4v) is 2.97. The minimum absolute atomic E-state index is 0.135. The van der Waals surface area contributed by atoms with Crippen LogP contribution < -0.4 is 5.48 Å². The number of carbonyl (C=O) groups excluding carboxylic acids is 1. The maximum atomic E-state index is 11.6. The summed E-state index contributed by atoms with van der Waals surface area (Å²) >= 11 is 11.9. The molecule has 124 valence electrons. The standard InChI is InChI=1S/C17H15Cl2N3O2/c18-12-3-1-10(2-4-12)11(8-17(23)22-24)7-16-20-14-6-5-13(19)9-15(14)21-16/h1-6,9,11,24H,7-8H2,(H,20,21)(H,22,23). The summed E-state index contributed by atoms with van der Waals surface area (Å²) in [5.41, 5.74) is 4.29. The molecule has 3 rings (SSSR count). The number of aromatic amines is 1. The van der Waals surface area contributed by atoms with E-state index in [-0.39, 0.29) is 12.3 Å². The second-order valence-corrected chi connectivity index (χ2v) is 6.41. The Kier molecular flexibility index (Phi) is 5.04. The lowest BCUT2D eigenvalue weighted by Gasteiger charge is -2.15. The van der Waals surface area contributed by atoms with Gasteiger partial charge >= 0.3 is 0 Å². The van der Waals surface area contributed by atoms with Crippen LogP contribution in [-0.2, 0) is 11.2 Å². The van der Waals surface area contributed by atoms with Crippen LogP contribution in [0, 0.1) is 0 Å². The first-order valence-corrected chi connectivity index (χ1v) is 8.13. The van der Waals surface area contributed by atoms with Crippen LogP contribution in [0.15, 0.2) is 42.5 Å². The first kappa shape index (κ1) is 16.8. The lowest BCUT2D eigenvalue weighted by Crippen LogP contribution is -2.22. The fourth-order valence-electron chi connectivity index (χ4n) is 2.67. The van der Waals surface area contributed by atoms with Crippen LogP contribution in [0.3, 0.4) is 0 Å². The highest BCUT2D eigenvalue weighted by atomic mass is 35.5. The summed E-state index contributed by atoms with van der Waals surface area (Å²) in [5, 5.41) is 10.1. The highest BCUT2D eigenvalue weighted by Crippen LogP contribution is 2.26. The third kappa shape index (κ3) is 3.87. The van der Waals surface area contributed by atoms with E-state index in [0.29, 0.717) is 16.5 Å².